The lowest BCUT2D eigenvalue weighted by Crippen LogP contribution is -2.38. The van der Waals surface area contributed by atoms with Crippen LogP contribution in [0.3, 0.4) is 0 Å². The average molecular weight is 449 g/mol. The van der Waals surface area contributed by atoms with Crippen molar-refractivity contribution < 1.29 is 19.0 Å². The number of hydrogen-bond donors (Lipinski definition) is 2. The Hall–Kier alpha value is -2.65. The zero-order valence-electron chi connectivity index (χ0n) is 18.9. The summed E-state index contributed by atoms with van der Waals surface area (Å²) in [7, 11) is 1.65. The SMILES string of the molecule is CCNC(=NCc1ccc(OCCOC)cc1)NC(C)c1nc(C)c(C(=O)OCC)s1. The molecule has 0 radical (unpaired) electrons. The molecule has 2 aromatic rings. The largest absolute Gasteiger partial charge is 0.491 e. The Balaban J connectivity index is 2.01. The molecule has 0 saturated heterocycles. The number of ether oxygens (including phenoxy) is 3. The van der Waals surface area contributed by atoms with E-state index in [1.165, 1.54) is 11.3 Å². The molecule has 9 heteroatoms. The van der Waals surface area contributed by atoms with Crippen molar-refractivity contribution in [1.82, 2.24) is 15.6 Å². The van der Waals surface area contributed by atoms with Crippen molar-refractivity contribution in [3.63, 3.8) is 0 Å². The Morgan fingerprint density at radius 3 is 2.61 bits per heavy atom. The first-order valence-electron chi connectivity index (χ1n) is 10.4. The molecule has 1 aromatic carbocycles. The smallest absolute Gasteiger partial charge is 0.350 e. The van der Waals surface area contributed by atoms with Gasteiger partial charge in [-0.05, 0) is 45.4 Å². The van der Waals surface area contributed by atoms with Crippen LogP contribution in [0.5, 0.6) is 5.75 Å². The second-order valence-corrected chi connectivity index (χ2v) is 7.76. The van der Waals surface area contributed by atoms with Crippen LogP contribution >= 0.6 is 11.3 Å². The summed E-state index contributed by atoms with van der Waals surface area (Å²) in [6, 6.07) is 7.74. The predicted octanol–water partition coefficient (Wildman–Crippen LogP) is 3.47. The Morgan fingerprint density at radius 2 is 1.97 bits per heavy atom. The summed E-state index contributed by atoms with van der Waals surface area (Å²) in [5.74, 6) is 1.16. The third-order valence-electron chi connectivity index (χ3n) is 4.24. The molecular weight excluding hydrogens is 416 g/mol. The van der Waals surface area contributed by atoms with Crippen LogP contribution in [0.1, 0.15) is 52.7 Å². The molecule has 1 aromatic heterocycles. The number of aromatic nitrogens is 1. The van der Waals surface area contributed by atoms with Gasteiger partial charge in [0.15, 0.2) is 5.96 Å². The fourth-order valence-corrected chi connectivity index (χ4v) is 3.64. The number of rotatable bonds is 11. The van der Waals surface area contributed by atoms with Crippen LogP contribution in [-0.4, -0.2) is 50.4 Å². The number of carbonyl (C=O) groups is 1. The lowest BCUT2D eigenvalue weighted by atomic mass is 10.2. The summed E-state index contributed by atoms with van der Waals surface area (Å²) in [5, 5.41) is 7.42. The Morgan fingerprint density at radius 1 is 1.23 bits per heavy atom. The topological polar surface area (TPSA) is 94.1 Å². The molecule has 0 amide bonds. The number of aryl methyl sites for hydroxylation is 1. The normalized spacial score (nSPS) is 12.4. The van der Waals surface area contributed by atoms with Gasteiger partial charge in [0.05, 0.1) is 31.5 Å². The molecule has 0 bridgehead atoms. The van der Waals surface area contributed by atoms with Crippen LogP contribution in [-0.2, 0) is 16.0 Å². The molecule has 0 saturated carbocycles. The van der Waals surface area contributed by atoms with Crippen LogP contribution in [0.25, 0.3) is 0 Å². The van der Waals surface area contributed by atoms with Gasteiger partial charge in [-0.15, -0.1) is 11.3 Å². The third kappa shape index (κ3) is 7.84. The van der Waals surface area contributed by atoms with Crippen molar-refractivity contribution in [1.29, 1.82) is 0 Å². The number of carbonyl (C=O) groups excluding carboxylic acids is 1. The molecule has 1 heterocycles. The maximum Gasteiger partial charge on any atom is 0.350 e. The first-order valence-corrected chi connectivity index (χ1v) is 11.2. The highest BCUT2D eigenvalue weighted by Crippen LogP contribution is 2.24. The fourth-order valence-electron chi connectivity index (χ4n) is 2.68. The quantitative estimate of drug-likeness (QED) is 0.235. The molecular formula is C22H32N4O4S. The highest BCUT2D eigenvalue weighted by molar-refractivity contribution is 7.13. The molecule has 170 valence electrons. The van der Waals surface area contributed by atoms with Gasteiger partial charge in [-0.2, -0.15) is 0 Å². The van der Waals surface area contributed by atoms with Crippen molar-refractivity contribution in [3.05, 3.63) is 45.4 Å². The number of aliphatic imine (C=N–C) groups is 1. The summed E-state index contributed by atoms with van der Waals surface area (Å²) in [4.78, 5) is 21.8. The highest BCUT2D eigenvalue weighted by Gasteiger charge is 2.20. The van der Waals surface area contributed by atoms with Gasteiger partial charge in [-0.25, -0.2) is 14.8 Å². The van der Waals surface area contributed by atoms with Gasteiger partial charge in [-0.1, -0.05) is 12.1 Å². The number of nitrogens with one attached hydrogen (secondary N) is 2. The van der Waals surface area contributed by atoms with E-state index in [9.17, 15) is 4.79 Å². The summed E-state index contributed by atoms with van der Waals surface area (Å²) in [5.41, 5.74) is 1.75. The molecule has 2 N–H and O–H groups in total. The lowest BCUT2D eigenvalue weighted by Gasteiger charge is -2.16. The second kappa shape index (κ2) is 12.9. The number of thiazole rings is 1. The average Bonchev–Trinajstić information content (AvgIpc) is 3.15. The zero-order valence-corrected chi connectivity index (χ0v) is 19.7. The van der Waals surface area contributed by atoms with E-state index in [0.717, 1.165) is 22.9 Å². The predicted molar refractivity (Wildman–Crippen MR) is 123 cm³/mol. The standard InChI is InChI=1S/C22H32N4O4S/c1-6-23-22(24-14-17-8-10-18(11-9-17)30-13-12-28-5)26-16(4)20-25-15(3)19(31-20)21(27)29-7-2/h8-11,16H,6-7,12-14H2,1-5H3,(H2,23,24,26). The minimum absolute atomic E-state index is 0.110. The van der Waals surface area contributed by atoms with E-state index in [0.29, 0.717) is 42.9 Å². The Bertz CT molecular complexity index is 852. The number of benzene rings is 1. The van der Waals surface area contributed by atoms with Crippen molar-refractivity contribution in [2.45, 2.75) is 40.3 Å². The molecule has 2 rings (SSSR count). The van der Waals surface area contributed by atoms with Gasteiger partial charge in [0.2, 0.25) is 0 Å². The van der Waals surface area contributed by atoms with E-state index >= 15 is 0 Å². The van der Waals surface area contributed by atoms with Crippen molar-refractivity contribution >= 4 is 23.3 Å². The number of esters is 1. The van der Waals surface area contributed by atoms with E-state index in [1.807, 2.05) is 45.0 Å². The first-order chi connectivity index (χ1) is 15.0. The number of guanidine groups is 1. The van der Waals surface area contributed by atoms with Crippen LogP contribution in [0.2, 0.25) is 0 Å². The molecule has 0 aliphatic rings. The monoisotopic (exact) mass is 448 g/mol. The van der Waals surface area contributed by atoms with Gasteiger partial charge in [0.25, 0.3) is 0 Å². The van der Waals surface area contributed by atoms with Gasteiger partial charge in [0, 0.05) is 13.7 Å². The zero-order chi connectivity index (χ0) is 22.6. The minimum atomic E-state index is -0.328. The molecule has 8 nitrogen and oxygen atoms in total. The molecule has 0 aliphatic carbocycles. The molecule has 0 spiro atoms. The molecule has 0 aliphatic heterocycles. The third-order valence-corrected chi connectivity index (χ3v) is 5.56. The Kier molecular flexibility index (Phi) is 10.3. The lowest BCUT2D eigenvalue weighted by molar-refractivity contribution is 0.0531. The maximum atomic E-state index is 12.1. The van der Waals surface area contributed by atoms with Gasteiger partial charge < -0.3 is 24.8 Å². The van der Waals surface area contributed by atoms with E-state index in [-0.39, 0.29) is 12.0 Å². The van der Waals surface area contributed by atoms with E-state index in [4.69, 9.17) is 14.2 Å². The molecule has 0 fully saturated rings. The van der Waals surface area contributed by atoms with Crippen LogP contribution < -0.4 is 15.4 Å². The molecule has 1 unspecified atom stereocenters. The fraction of sp³-hybridized carbons (Fsp3) is 0.500. The Labute approximate surface area is 188 Å². The van der Waals surface area contributed by atoms with Gasteiger partial charge in [0.1, 0.15) is 22.2 Å². The van der Waals surface area contributed by atoms with Crippen LogP contribution in [0.15, 0.2) is 29.3 Å². The molecule has 1 atom stereocenters. The van der Waals surface area contributed by atoms with Crippen molar-refractivity contribution in [2.24, 2.45) is 4.99 Å². The summed E-state index contributed by atoms with van der Waals surface area (Å²) >= 11 is 1.35. The van der Waals surface area contributed by atoms with E-state index < -0.39 is 0 Å². The maximum absolute atomic E-state index is 12.1. The van der Waals surface area contributed by atoms with Crippen molar-refractivity contribution in [3.8, 4) is 5.75 Å². The van der Waals surface area contributed by atoms with Crippen LogP contribution in [0.4, 0.5) is 0 Å². The molecule has 31 heavy (non-hydrogen) atoms. The highest BCUT2D eigenvalue weighted by atomic mass is 32.1. The minimum Gasteiger partial charge on any atom is -0.491 e. The summed E-state index contributed by atoms with van der Waals surface area (Å²) in [6.45, 7) is 10.3. The number of hydrogen-bond acceptors (Lipinski definition) is 7. The van der Waals surface area contributed by atoms with Crippen molar-refractivity contribution in [2.75, 3.05) is 33.5 Å². The second-order valence-electron chi connectivity index (χ2n) is 6.73. The van der Waals surface area contributed by atoms with E-state index in [2.05, 4.69) is 20.6 Å². The summed E-state index contributed by atoms with van der Waals surface area (Å²) < 4.78 is 15.7. The number of nitrogens with zero attached hydrogens (tertiary/aromatic N) is 2. The van der Waals surface area contributed by atoms with E-state index in [1.54, 1.807) is 14.0 Å². The van der Waals surface area contributed by atoms with Crippen LogP contribution in [0, 0.1) is 6.92 Å². The van der Waals surface area contributed by atoms with Gasteiger partial charge in [-0.3, -0.25) is 0 Å². The van der Waals surface area contributed by atoms with Gasteiger partial charge >= 0.3 is 5.97 Å². The summed E-state index contributed by atoms with van der Waals surface area (Å²) in [6.07, 6.45) is 0. The number of methoxy groups -OCH3 is 1. The first kappa shape index (κ1) is 24.6.